The molecule has 0 fully saturated rings. The summed E-state index contributed by atoms with van der Waals surface area (Å²) < 4.78 is 1.81. The van der Waals surface area contributed by atoms with Crippen molar-refractivity contribution in [3.63, 3.8) is 0 Å². The van der Waals surface area contributed by atoms with Gasteiger partial charge in [0.25, 0.3) is 0 Å². The molecular weight excluding hydrogens is 214 g/mol. The highest BCUT2D eigenvalue weighted by atomic mass is 15.2. The fourth-order valence-corrected chi connectivity index (χ4v) is 1.69. The van der Waals surface area contributed by atoms with Crippen molar-refractivity contribution in [2.24, 2.45) is 7.05 Å². The van der Waals surface area contributed by atoms with Crippen LogP contribution in [0.25, 0.3) is 0 Å². The van der Waals surface area contributed by atoms with Crippen LogP contribution in [0.5, 0.6) is 0 Å². The van der Waals surface area contributed by atoms with Crippen LogP contribution in [0, 0.1) is 0 Å². The molecule has 0 bridgehead atoms. The Balaban J connectivity index is 2.11. The Morgan fingerprint density at radius 2 is 2.18 bits per heavy atom. The molecule has 0 saturated heterocycles. The van der Waals surface area contributed by atoms with Gasteiger partial charge in [0.1, 0.15) is 0 Å². The minimum Gasteiger partial charge on any atom is -0.387 e. The molecule has 0 aliphatic rings. The van der Waals surface area contributed by atoms with Gasteiger partial charge in [0.2, 0.25) is 0 Å². The number of nitrogens with one attached hydrogen (secondary N) is 1. The Morgan fingerprint density at radius 3 is 2.82 bits per heavy atom. The van der Waals surface area contributed by atoms with Crippen LogP contribution in [0.1, 0.15) is 5.56 Å². The summed E-state index contributed by atoms with van der Waals surface area (Å²) in [4.78, 5) is 6.34. The maximum Gasteiger partial charge on any atom is 0.0573 e. The van der Waals surface area contributed by atoms with Gasteiger partial charge in [-0.15, -0.1) is 0 Å². The van der Waals surface area contributed by atoms with E-state index in [2.05, 4.69) is 26.4 Å². The van der Waals surface area contributed by atoms with Gasteiger partial charge >= 0.3 is 0 Å². The number of nitrogens with zero attached hydrogens (tertiary/aromatic N) is 4. The minimum absolute atomic E-state index is 0.822. The van der Waals surface area contributed by atoms with Gasteiger partial charge in [-0.1, -0.05) is 0 Å². The summed E-state index contributed by atoms with van der Waals surface area (Å²) in [6, 6.07) is 2.07. The van der Waals surface area contributed by atoms with Crippen molar-refractivity contribution in [1.29, 1.82) is 0 Å². The smallest absolute Gasteiger partial charge is 0.0573 e. The molecule has 0 amide bonds. The Labute approximate surface area is 101 Å². The van der Waals surface area contributed by atoms with E-state index in [1.807, 2.05) is 44.4 Å². The van der Waals surface area contributed by atoms with Gasteiger partial charge in [-0.25, -0.2) is 0 Å². The van der Waals surface area contributed by atoms with Crippen molar-refractivity contribution in [1.82, 2.24) is 14.8 Å². The standard InChI is InChI=1S/C12H17N5/c1-13-11-4-12(7-14-6-11)16(2)8-10-5-15-17(3)9-10/h4-7,9,13H,8H2,1-3H3. The van der Waals surface area contributed by atoms with Crippen LogP contribution in [-0.4, -0.2) is 28.9 Å². The van der Waals surface area contributed by atoms with Crippen molar-refractivity contribution >= 4 is 11.4 Å². The first-order valence-corrected chi connectivity index (χ1v) is 5.50. The number of hydrogen-bond donors (Lipinski definition) is 1. The van der Waals surface area contributed by atoms with Gasteiger partial charge in [-0.05, 0) is 6.07 Å². The van der Waals surface area contributed by atoms with Crippen LogP contribution >= 0.6 is 0 Å². The molecule has 2 aromatic rings. The first kappa shape index (κ1) is 11.4. The van der Waals surface area contributed by atoms with E-state index in [4.69, 9.17) is 0 Å². The maximum atomic E-state index is 4.20. The molecule has 0 aliphatic carbocycles. The third kappa shape index (κ3) is 2.75. The maximum absolute atomic E-state index is 4.20. The number of hydrogen-bond acceptors (Lipinski definition) is 4. The molecule has 0 aliphatic heterocycles. The summed E-state index contributed by atoms with van der Waals surface area (Å²) in [5.41, 5.74) is 3.28. The van der Waals surface area contributed by atoms with Crippen LogP contribution in [-0.2, 0) is 13.6 Å². The Kier molecular flexibility index (Phi) is 3.27. The summed E-state index contributed by atoms with van der Waals surface area (Å²) in [6.45, 7) is 0.822. The molecule has 5 heteroatoms. The summed E-state index contributed by atoms with van der Waals surface area (Å²) in [5, 5.41) is 7.24. The summed E-state index contributed by atoms with van der Waals surface area (Å²) in [6.07, 6.45) is 7.57. The second-order valence-electron chi connectivity index (χ2n) is 4.06. The van der Waals surface area contributed by atoms with E-state index < -0.39 is 0 Å². The average Bonchev–Trinajstić information content (AvgIpc) is 2.75. The molecule has 0 spiro atoms. The lowest BCUT2D eigenvalue weighted by molar-refractivity contribution is 0.766. The zero-order chi connectivity index (χ0) is 12.3. The molecule has 17 heavy (non-hydrogen) atoms. The zero-order valence-corrected chi connectivity index (χ0v) is 10.4. The normalized spacial score (nSPS) is 10.3. The van der Waals surface area contributed by atoms with E-state index in [-0.39, 0.29) is 0 Å². The minimum atomic E-state index is 0.822. The lowest BCUT2D eigenvalue weighted by Crippen LogP contribution is -2.16. The van der Waals surface area contributed by atoms with Crippen molar-refractivity contribution in [2.75, 3.05) is 24.3 Å². The molecule has 90 valence electrons. The highest BCUT2D eigenvalue weighted by molar-refractivity contribution is 5.55. The number of anilines is 2. The van der Waals surface area contributed by atoms with Crippen molar-refractivity contribution in [3.05, 3.63) is 36.4 Å². The highest BCUT2D eigenvalue weighted by Crippen LogP contribution is 2.17. The second kappa shape index (κ2) is 4.86. The second-order valence-corrected chi connectivity index (χ2v) is 4.06. The van der Waals surface area contributed by atoms with Gasteiger partial charge in [0, 0.05) is 39.4 Å². The zero-order valence-electron chi connectivity index (χ0n) is 10.4. The first-order chi connectivity index (χ1) is 8.19. The fraction of sp³-hybridized carbons (Fsp3) is 0.333. The van der Waals surface area contributed by atoms with Gasteiger partial charge < -0.3 is 10.2 Å². The number of pyridine rings is 1. The Hall–Kier alpha value is -2.04. The average molecular weight is 231 g/mol. The predicted octanol–water partition coefficient (Wildman–Crippen LogP) is 1.49. The third-order valence-electron chi connectivity index (χ3n) is 2.63. The molecule has 5 nitrogen and oxygen atoms in total. The Bertz CT molecular complexity index is 491. The lowest BCUT2D eigenvalue weighted by Gasteiger charge is -2.18. The Morgan fingerprint density at radius 1 is 1.35 bits per heavy atom. The molecule has 1 N–H and O–H groups in total. The fourth-order valence-electron chi connectivity index (χ4n) is 1.69. The molecular formula is C12H17N5. The van der Waals surface area contributed by atoms with E-state index >= 15 is 0 Å². The van der Waals surface area contributed by atoms with Crippen LogP contribution < -0.4 is 10.2 Å². The summed E-state index contributed by atoms with van der Waals surface area (Å²) in [5.74, 6) is 0. The number of aromatic nitrogens is 3. The van der Waals surface area contributed by atoms with E-state index in [0.29, 0.717) is 0 Å². The number of rotatable bonds is 4. The third-order valence-corrected chi connectivity index (χ3v) is 2.63. The largest absolute Gasteiger partial charge is 0.387 e. The van der Waals surface area contributed by atoms with Crippen LogP contribution in [0.4, 0.5) is 11.4 Å². The topological polar surface area (TPSA) is 46.0 Å². The molecule has 2 heterocycles. The van der Waals surface area contributed by atoms with Crippen molar-refractivity contribution < 1.29 is 0 Å². The highest BCUT2D eigenvalue weighted by Gasteiger charge is 2.04. The van der Waals surface area contributed by atoms with Crippen LogP contribution in [0.15, 0.2) is 30.9 Å². The van der Waals surface area contributed by atoms with E-state index in [9.17, 15) is 0 Å². The van der Waals surface area contributed by atoms with Gasteiger partial charge in [-0.2, -0.15) is 5.10 Å². The SMILES string of the molecule is CNc1cncc(N(C)Cc2cnn(C)c2)c1. The van der Waals surface area contributed by atoms with Gasteiger partial charge in [-0.3, -0.25) is 9.67 Å². The molecule has 0 unspecified atom stereocenters. The molecule has 2 rings (SSSR count). The molecule has 0 saturated carbocycles. The molecule has 2 aromatic heterocycles. The van der Waals surface area contributed by atoms with Gasteiger partial charge in [0.05, 0.1) is 30.0 Å². The van der Waals surface area contributed by atoms with Crippen molar-refractivity contribution in [2.45, 2.75) is 6.54 Å². The monoisotopic (exact) mass is 231 g/mol. The first-order valence-electron chi connectivity index (χ1n) is 5.50. The van der Waals surface area contributed by atoms with Crippen LogP contribution in [0.3, 0.4) is 0 Å². The van der Waals surface area contributed by atoms with Gasteiger partial charge in [0.15, 0.2) is 0 Å². The van der Waals surface area contributed by atoms with Crippen LogP contribution in [0.2, 0.25) is 0 Å². The summed E-state index contributed by atoms with van der Waals surface area (Å²) in [7, 11) is 5.86. The predicted molar refractivity (Wildman–Crippen MR) is 69.1 cm³/mol. The molecule has 0 atom stereocenters. The quantitative estimate of drug-likeness (QED) is 0.866. The van der Waals surface area contributed by atoms with Crippen molar-refractivity contribution in [3.8, 4) is 0 Å². The van der Waals surface area contributed by atoms with E-state index in [1.54, 1.807) is 6.20 Å². The molecule has 0 aromatic carbocycles. The summed E-state index contributed by atoms with van der Waals surface area (Å²) >= 11 is 0. The molecule has 0 radical (unpaired) electrons. The number of aryl methyl sites for hydroxylation is 1. The lowest BCUT2D eigenvalue weighted by atomic mass is 10.3. The van der Waals surface area contributed by atoms with E-state index in [0.717, 1.165) is 17.9 Å². The van der Waals surface area contributed by atoms with E-state index in [1.165, 1.54) is 5.56 Å².